The van der Waals surface area contributed by atoms with Crippen LogP contribution >= 0.6 is 0 Å². The summed E-state index contributed by atoms with van der Waals surface area (Å²) in [5.41, 5.74) is -0.114. The number of aromatic carboxylic acids is 1. The Morgan fingerprint density at radius 1 is 1.14 bits per heavy atom. The third-order valence-corrected chi connectivity index (χ3v) is 1.63. The monoisotopic (exact) mass is 196 g/mol. The number of hydrogen-bond acceptors (Lipinski definition) is 4. The molecule has 0 atom stereocenters. The van der Waals surface area contributed by atoms with E-state index in [1.807, 2.05) is 0 Å². The Hall–Kier alpha value is -1.72. The molecule has 1 rings (SSSR count). The van der Waals surface area contributed by atoms with Gasteiger partial charge in [-0.25, -0.2) is 4.79 Å². The van der Waals surface area contributed by atoms with Crippen LogP contribution in [0.1, 0.15) is 20.7 Å². The Morgan fingerprint density at radius 2 is 1.71 bits per heavy atom. The highest BCUT2D eigenvalue weighted by Crippen LogP contribution is 2.07. The lowest BCUT2D eigenvalue weighted by Crippen LogP contribution is -2.19. The van der Waals surface area contributed by atoms with Gasteiger partial charge in [-0.2, -0.15) is 0 Å². The van der Waals surface area contributed by atoms with E-state index >= 15 is 0 Å². The summed E-state index contributed by atoms with van der Waals surface area (Å²) < 4.78 is 0. The highest BCUT2D eigenvalue weighted by atomic mass is 16.5. The van der Waals surface area contributed by atoms with E-state index in [1.165, 1.54) is 18.2 Å². The van der Waals surface area contributed by atoms with Gasteiger partial charge in [0.05, 0.1) is 5.56 Å². The van der Waals surface area contributed by atoms with Crippen molar-refractivity contribution in [2.45, 2.75) is 6.29 Å². The summed E-state index contributed by atoms with van der Waals surface area (Å²) in [5.74, 6) is -2.10. The van der Waals surface area contributed by atoms with Crippen molar-refractivity contribution >= 4 is 11.8 Å². The van der Waals surface area contributed by atoms with E-state index in [0.717, 1.165) is 6.07 Å². The topological polar surface area (TPSA) is 94.8 Å². The minimum atomic E-state index is -2.11. The number of benzene rings is 1. The van der Waals surface area contributed by atoms with Gasteiger partial charge in [0.1, 0.15) is 0 Å². The van der Waals surface area contributed by atoms with Crippen LogP contribution in [0.5, 0.6) is 0 Å². The highest BCUT2D eigenvalue weighted by Gasteiger charge is 2.15. The maximum absolute atomic E-state index is 11.0. The van der Waals surface area contributed by atoms with Gasteiger partial charge < -0.3 is 15.3 Å². The average Bonchev–Trinajstić information content (AvgIpc) is 2.16. The Labute approximate surface area is 79.2 Å². The first kappa shape index (κ1) is 10.4. The maximum Gasteiger partial charge on any atom is 0.335 e. The second-order valence-electron chi connectivity index (χ2n) is 2.62. The van der Waals surface area contributed by atoms with Crippen LogP contribution in [0, 0.1) is 0 Å². The Bertz CT molecular complexity index is 369. The van der Waals surface area contributed by atoms with Crippen molar-refractivity contribution in [2.75, 3.05) is 0 Å². The van der Waals surface area contributed by atoms with Crippen LogP contribution in [0.4, 0.5) is 0 Å². The molecule has 14 heavy (non-hydrogen) atoms. The molecule has 0 aliphatic carbocycles. The molecule has 0 radical (unpaired) electrons. The predicted molar refractivity (Wildman–Crippen MR) is 46.0 cm³/mol. The zero-order valence-corrected chi connectivity index (χ0v) is 7.04. The summed E-state index contributed by atoms with van der Waals surface area (Å²) >= 11 is 0. The summed E-state index contributed by atoms with van der Waals surface area (Å²) in [7, 11) is 0. The molecule has 0 unspecified atom stereocenters. The first-order chi connectivity index (χ1) is 6.52. The number of ketones is 1. The van der Waals surface area contributed by atoms with E-state index in [1.54, 1.807) is 0 Å². The summed E-state index contributed by atoms with van der Waals surface area (Å²) in [5, 5.41) is 25.7. The van der Waals surface area contributed by atoms with Gasteiger partial charge in [-0.15, -0.1) is 0 Å². The first-order valence-electron chi connectivity index (χ1n) is 3.76. The number of aliphatic hydroxyl groups excluding tert-OH is 1. The lowest BCUT2D eigenvalue weighted by molar-refractivity contribution is -0.0195. The third-order valence-electron chi connectivity index (χ3n) is 1.63. The van der Waals surface area contributed by atoms with Crippen molar-refractivity contribution in [3.63, 3.8) is 0 Å². The van der Waals surface area contributed by atoms with Crippen molar-refractivity contribution in [1.82, 2.24) is 0 Å². The second kappa shape index (κ2) is 3.99. The van der Waals surface area contributed by atoms with E-state index in [0.29, 0.717) is 0 Å². The zero-order chi connectivity index (χ0) is 10.7. The molecule has 3 N–H and O–H groups in total. The fourth-order valence-corrected chi connectivity index (χ4v) is 0.955. The van der Waals surface area contributed by atoms with E-state index in [9.17, 15) is 9.59 Å². The quantitative estimate of drug-likeness (QED) is 0.462. The van der Waals surface area contributed by atoms with Gasteiger partial charge >= 0.3 is 5.97 Å². The fourth-order valence-electron chi connectivity index (χ4n) is 0.955. The molecule has 0 aromatic heterocycles. The first-order valence-corrected chi connectivity index (χ1v) is 3.76. The van der Waals surface area contributed by atoms with Crippen LogP contribution in [0.3, 0.4) is 0 Å². The standard InChI is InChI=1S/C9H8O5/c10-7(9(13)14)5-2-1-3-6(4-5)8(11)12/h1-4,9,13-14H,(H,11,12). The van der Waals surface area contributed by atoms with Crippen molar-refractivity contribution in [2.24, 2.45) is 0 Å². The Morgan fingerprint density at radius 3 is 2.21 bits per heavy atom. The van der Waals surface area contributed by atoms with Crippen molar-refractivity contribution < 1.29 is 24.9 Å². The van der Waals surface area contributed by atoms with Crippen LogP contribution in [0.15, 0.2) is 24.3 Å². The molecule has 0 bridgehead atoms. The summed E-state index contributed by atoms with van der Waals surface area (Å²) in [6, 6.07) is 5.07. The smallest absolute Gasteiger partial charge is 0.335 e. The lowest BCUT2D eigenvalue weighted by atomic mass is 10.1. The minimum absolute atomic E-state index is 0.0418. The Kier molecular flexibility index (Phi) is 2.95. The number of aliphatic hydroxyl groups is 2. The molecular weight excluding hydrogens is 188 g/mol. The minimum Gasteiger partial charge on any atom is -0.478 e. The van der Waals surface area contributed by atoms with Gasteiger partial charge in [0.15, 0.2) is 0 Å². The summed E-state index contributed by atoms with van der Waals surface area (Å²) in [6.45, 7) is 0. The number of hydrogen-bond donors (Lipinski definition) is 3. The van der Waals surface area contributed by atoms with Gasteiger partial charge in [0.2, 0.25) is 12.1 Å². The molecule has 0 heterocycles. The molecule has 0 amide bonds. The van der Waals surface area contributed by atoms with E-state index in [4.69, 9.17) is 15.3 Å². The number of carbonyl (C=O) groups is 2. The molecule has 0 saturated heterocycles. The maximum atomic E-state index is 11.0. The zero-order valence-electron chi connectivity index (χ0n) is 7.04. The molecule has 5 nitrogen and oxygen atoms in total. The summed E-state index contributed by atoms with van der Waals surface area (Å²) in [4.78, 5) is 21.5. The molecule has 0 fully saturated rings. The van der Waals surface area contributed by atoms with Crippen LogP contribution in [0.25, 0.3) is 0 Å². The Balaban J connectivity index is 3.06. The molecule has 0 aliphatic rings. The van der Waals surface area contributed by atoms with Crippen LogP contribution < -0.4 is 0 Å². The largest absolute Gasteiger partial charge is 0.478 e. The molecule has 0 aliphatic heterocycles. The number of carboxylic acids is 1. The number of Topliss-reactive ketones (excluding diaryl/α,β-unsaturated/α-hetero) is 1. The lowest BCUT2D eigenvalue weighted by Gasteiger charge is -2.02. The fraction of sp³-hybridized carbons (Fsp3) is 0.111. The van der Waals surface area contributed by atoms with E-state index < -0.39 is 18.0 Å². The van der Waals surface area contributed by atoms with Crippen molar-refractivity contribution in [1.29, 1.82) is 0 Å². The van der Waals surface area contributed by atoms with Gasteiger partial charge in [-0.05, 0) is 12.1 Å². The number of rotatable bonds is 3. The van der Waals surface area contributed by atoms with Gasteiger partial charge in [0.25, 0.3) is 0 Å². The van der Waals surface area contributed by atoms with Crippen molar-refractivity contribution in [3.8, 4) is 0 Å². The number of carboxylic acid groups (broad SMARTS) is 1. The van der Waals surface area contributed by atoms with E-state index in [-0.39, 0.29) is 11.1 Å². The van der Waals surface area contributed by atoms with Gasteiger partial charge in [-0.1, -0.05) is 12.1 Å². The highest BCUT2D eigenvalue weighted by molar-refractivity contribution is 6.00. The molecule has 74 valence electrons. The van der Waals surface area contributed by atoms with Crippen LogP contribution in [-0.4, -0.2) is 33.4 Å². The predicted octanol–water partition coefficient (Wildman–Crippen LogP) is -0.122. The van der Waals surface area contributed by atoms with Crippen molar-refractivity contribution in [3.05, 3.63) is 35.4 Å². The van der Waals surface area contributed by atoms with Crippen LogP contribution in [-0.2, 0) is 0 Å². The molecule has 0 saturated carbocycles. The molecular formula is C9H8O5. The average molecular weight is 196 g/mol. The third kappa shape index (κ3) is 2.15. The molecule has 0 spiro atoms. The van der Waals surface area contributed by atoms with E-state index in [2.05, 4.69) is 0 Å². The van der Waals surface area contributed by atoms with Crippen LogP contribution in [0.2, 0.25) is 0 Å². The summed E-state index contributed by atoms with van der Waals surface area (Å²) in [6.07, 6.45) is -2.11. The SMILES string of the molecule is O=C(O)c1cccc(C(=O)C(O)O)c1. The normalized spacial score (nSPS) is 10.2. The number of carbonyl (C=O) groups excluding carboxylic acids is 1. The molecule has 1 aromatic rings. The van der Waals surface area contributed by atoms with Gasteiger partial charge in [-0.3, -0.25) is 4.79 Å². The molecule has 1 aromatic carbocycles. The molecule has 5 heteroatoms. The van der Waals surface area contributed by atoms with Gasteiger partial charge in [0, 0.05) is 5.56 Å². The second-order valence-corrected chi connectivity index (χ2v) is 2.62.